The van der Waals surface area contributed by atoms with Crippen molar-refractivity contribution >= 4 is 11.7 Å². The van der Waals surface area contributed by atoms with Crippen molar-refractivity contribution in [3.05, 3.63) is 30.3 Å². The van der Waals surface area contributed by atoms with Crippen LogP contribution in [0.25, 0.3) is 0 Å². The molecule has 1 atom stereocenters. The van der Waals surface area contributed by atoms with Crippen LogP contribution in [0.2, 0.25) is 0 Å². The van der Waals surface area contributed by atoms with Gasteiger partial charge in [-0.25, -0.2) is 0 Å². The zero-order valence-corrected chi connectivity index (χ0v) is 11.8. The minimum absolute atomic E-state index is 0.225. The maximum Gasteiger partial charge on any atom is 0.303 e. The summed E-state index contributed by atoms with van der Waals surface area (Å²) in [5.41, 5.74) is 1.16. The molecule has 1 unspecified atom stereocenters. The Bertz CT molecular complexity index is 401. The fourth-order valence-electron chi connectivity index (χ4n) is 2.60. The van der Waals surface area contributed by atoms with Crippen molar-refractivity contribution in [3.8, 4) is 0 Å². The summed E-state index contributed by atoms with van der Waals surface area (Å²) in [6.07, 6.45) is 4.61. The number of nitrogens with zero attached hydrogens (tertiary/aromatic N) is 1. The average Bonchev–Trinajstić information content (AvgIpc) is 2.96. The number of carboxylic acids is 1. The smallest absolute Gasteiger partial charge is 0.303 e. The number of para-hydroxylation sites is 1. The molecule has 0 radical (unpaired) electrons. The summed E-state index contributed by atoms with van der Waals surface area (Å²) in [5, 5.41) is 8.76. The lowest BCUT2D eigenvalue weighted by molar-refractivity contribution is -0.137. The van der Waals surface area contributed by atoms with E-state index in [0.717, 1.165) is 44.6 Å². The Morgan fingerprint density at radius 3 is 2.75 bits per heavy atom. The molecule has 4 heteroatoms. The van der Waals surface area contributed by atoms with E-state index in [1.165, 1.54) is 0 Å². The third kappa shape index (κ3) is 4.85. The van der Waals surface area contributed by atoms with Gasteiger partial charge < -0.3 is 14.7 Å². The molecule has 4 nitrogen and oxygen atoms in total. The van der Waals surface area contributed by atoms with E-state index in [2.05, 4.69) is 17.0 Å². The first-order chi connectivity index (χ1) is 9.75. The Balaban J connectivity index is 1.87. The van der Waals surface area contributed by atoms with Gasteiger partial charge >= 0.3 is 5.97 Å². The van der Waals surface area contributed by atoms with Gasteiger partial charge in [0.05, 0.1) is 6.10 Å². The number of carboxylic acid groups (broad SMARTS) is 1. The van der Waals surface area contributed by atoms with Crippen LogP contribution in [0.5, 0.6) is 0 Å². The Kier molecular flexibility index (Phi) is 5.87. The molecule has 1 fully saturated rings. The van der Waals surface area contributed by atoms with E-state index in [1.807, 2.05) is 18.2 Å². The standard InChI is InChI=1S/C16H23NO3/c18-16(19)9-4-11-17(14-6-2-1-3-7-14)12-10-15-8-5-13-20-15/h1-3,6-7,15H,4-5,8-13H2,(H,18,19). The van der Waals surface area contributed by atoms with Crippen molar-refractivity contribution in [2.24, 2.45) is 0 Å². The molecule has 1 aromatic carbocycles. The highest BCUT2D eigenvalue weighted by Gasteiger charge is 2.17. The molecule has 1 aliphatic rings. The molecular weight excluding hydrogens is 254 g/mol. The number of hydrogen-bond donors (Lipinski definition) is 1. The fraction of sp³-hybridized carbons (Fsp3) is 0.562. The van der Waals surface area contributed by atoms with Crippen LogP contribution in [-0.4, -0.2) is 36.9 Å². The van der Waals surface area contributed by atoms with Gasteiger partial charge in [-0.05, 0) is 37.8 Å². The van der Waals surface area contributed by atoms with Crippen LogP contribution in [0, 0.1) is 0 Å². The number of benzene rings is 1. The fourth-order valence-corrected chi connectivity index (χ4v) is 2.60. The molecule has 0 spiro atoms. The van der Waals surface area contributed by atoms with Gasteiger partial charge in [0.1, 0.15) is 0 Å². The summed E-state index contributed by atoms with van der Waals surface area (Å²) in [7, 11) is 0. The molecule has 110 valence electrons. The Morgan fingerprint density at radius 2 is 2.10 bits per heavy atom. The molecule has 0 aliphatic carbocycles. The van der Waals surface area contributed by atoms with Crippen molar-refractivity contribution in [1.29, 1.82) is 0 Å². The van der Waals surface area contributed by atoms with Gasteiger partial charge in [-0.3, -0.25) is 4.79 Å². The first-order valence-electron chi connectivity index (χ1n) is 7.39. The zero-order valence-electron chi connectivity index (χ0n) is 11.8. The average molecular weight is 277 g/mol. The summed E-state index contributed by atoms with van der Waals surface area (Å²) in [4.78, 5) is 12.9. The van der Waals surface area contributed by atoms with Crippen LogP contribution in [0.1, 0.15) is 32.1 Å². The predicted molar refractivity (Wildman–Crippen MR) is 79.1 cm³/mol. The molecule has 2 rings (SSSR count). The van der Waals surface area contributed by atoms with Gasteiger partial charge in [0, 0.05) is 31.8 Å². The number of aliphatic carboxylic acids is 1. The van der Waals surface area contributed by atoms with Crippen LogP contribution in [-0.2, 0) is 9.53 Å². The van der Waals surface area contributed by atoms with Crippen molar-refractivity contribution in [3.63, 3.8) is 0 Å². The number of carbonyl (C=O) groups is 1. The van der Waals surface area contributed by atoms with Gasteiger partial charge in [0.25, 0.3) is 0 Å². The minimum atomic E-state index is -0.725. The summed E-state index contributed by atoms with van der Waals surface area (Å²) >= 11 is 0. The predicted octanol–water partition coefficient (Wildman–Crippen LogP) is 2.93. The van der Waals surface area contributed by atoms with Gasteiger partial charge in [-0.1, -0.05) is 18.2 Å². The van der Waals surface area contributed by atoms with E-state index >= 15 is 0 Å². The highest BCUT2D eigenvalue weighted by atomic mass is 16.5. The molecule has 0 aromatic heterocycles. The number of rotatable bonds is 8. The summed E-state index contributed by atoms with van der Waals surface area (Å²) in [6.45, 7) is 2.59. The summed E-state index contributed by atoms with van der Waals surface area (Å²) in [6, 6.07) is 10.2. The van der Waals surface area contributed by atoms with Crippen LogP contribution in [0.3, 0.4) is 0 Å². The highest BCUT2D eigenvalue weighted by molar-refractivity contribution is 5.66. The topological polar surface area (TPSA) is 49.8 Å². The van der Waals surface area contributed by atoms with Crippen LogP contribution in [0.4, 0.5) is 5.69 Å². The molecule has 1 saturated heterocycles. The molecular formula is C16H23NO3. The summed E-state index contributed by atoms with van der Waals surface area (Å²) < 4.78 is 5.66. The molecule has 0 bridgehead atoms. The maximum atomic E-state index is 10.6. The van der Waals surface area contributed by atoms with E-state index in [0.29, 0.717) is 12.5 Å². The van der Waals surface area contributed by atoms with Crippen LogP contribution < -0.4 is 4.90 Å². The lowest BCUT2D eigenvalue weighted by atomic mass is 10.1. The maximum absolute atomic E-state index is 10.6. The Morgan fingerprint density at radius 1 is 1.30 bits per heavy atom. The van der Waals surface area contributed by atoms with E-state index in [1.54, 1.807) is 0 Å². The van der Waals surface area contributed by atoms with E-state index in [9.17, 15) is 4.79 Å². The first kappa shape index (κ1) is 14.9. The highest BCUT2D eigenvalue weighted by Crippen LogP contribution is 2.19. The van der Waals surface area contributed by atoms with Crippen molar-refractivity contribution in [2.75, 3.05) is 24.6 Å². The molecule has 20 heavy (non-hydrogen) atoms. The number of anilines is 1. The quantitative estimate of drug-likeness (QED) is 0.793. The second-order valence-corrected chi connectivity index (χ2v) is 5.24. The third-order valence-electron chi connectivity index (χ3n) is 3.68. The van der Waals surface area contributed by atoms with Crippen LogP contribution in [0.15, 0.2) is 30.3 Å². The number of ether oxygens (including phenoxy) is 1. The Hall–Kier alpha value is -1.55. The minimum Gasteiger partial charge on any atom is -0.481 e. The lowest BCUT2D eigenvalue weighted by Crippen LogP contribution is -2.28. The molecule has 1 heterocycles. The van der Waals surface area contributed by atoms with Gasteiger partial charge in [-0.2, -0.15) is 0 Å². The van der Waals surface area contributed by atoms with E-state index < -0.39 is 5.97 Å². The van der Waals surface area contributed by atoms with Crippen LogP contribution >= 0.6 is 0 Å². The molecule has 1 N–H and O–H groups in total. The SMILES string of the molecule is O=C(O)CCCN(CCC1CCCO1)c1ccccc1. The summed E-state index contributed by atoms with van der Waals surface area (Å²) in [5.74, 6) is -0.725. The number of hydrogen-bond acceptors (Lipinski definition) is 3. The monoisotopic (exact) mass is 277 g/mol. The van der Waals surface area contributed by atoms with Crippen molar-refractivity contribution in [1.82, 2.24) is 0 Å². The van der Waals surface area contributed by atoms with Crippen molar-refractivity contribution < 1.29 is 14.6 Å². The normalized spacial score (nSPS) is 18.1. The van der Waals surface area contributed by atoms with Crippen molar-refractivity contribution in [2.45, 2.75) is 38.2 Å². The second-order valence-electron chi connectivity index (χ2n) is 5.24. The van der Waals surface area contributed by atoms with E-state index in [4.69, 9.17) is 9.84 Å². The largest absolute Gasteiger partial charge is 0.481 e. The molecule has 1 aliphatic heterocycles. The second kappa shape index (κ2) is 7.90. The molecule has 0 saturated carbocycles. The Labute approximate surface area is 120 Å². The molecule has 0 amide bonds. The lowest BCUT2D eigenvalue weighted by Gasteiger charge is -2.26. The van der Waals surface area contributed by atoms with Gasteiger partial charge in [0.15, 0.2) is 0 Å². The van der Waals surface area contributed by atoms with E-state index in [-0.39, 0.29) is 6.42 Å². The molecule has 1 aromatic rings. The third-order valence-corrected chi connectivity index (χ3v) is 3.68. The van der Waals surface area contributed by atoms with Gasteiger partial charge in [0.2, 0.25) is 0 Å². The first-order valence-corrected chi connectivity index (χ1v) is 7.39. The zero-order chi connectivity index (χ0) is 14.2. The van der Waals surface area contributed by atoms with Gasteiger partial charge in [-0.15, -0.1) is 0 Å².